The van der Waals surface area contributed by atoms with E-state index in [1.165, 1.54) is 58.0 Å². The summed E-state index contributed by atoms with van der Waals surface area (Å²) in [6.07, 6.45) is 10.7. The smallest absolute Gasteiger partial charge is 0.00768 e. The van der Waals surface area contributed by atoms with Crippen molar-refractivity contribution in [2.75, 3.05) is 0 Å². The lowest BCUT2D eigenvalue weighted by atomic mass is 10.0. The summed E-state index contributed by atoms with van der Waals surface area (Å²) in [5.41, 5.74) is 1.44. The standard InChI is InChI=1S/C17H24P/c1-3-4-5-6-7-10-14(2)17-13-15-11-8-9-12-16(15)18-17/h8-9,11-14H,3-7,10H2,1-2H3. The van der Waals surface area contributed by atoms with Gasteiger partial charge in [0, 0.05) is 0 Å². The average molecular weight is 259 g/mol. The number of fused-ring (bicyclic) bond motifs is 1. The molecule has 97 valence electrons. The molecule has 1 heteroatoms. The fourth-order valence-corrected chi connectivity index (χ4v) is 3.76. The topological polar surface area (TPSA) is 0 Å². The molecule has 0 N–H and O–H groups in total. The summed E-state index contributed by atoms with van der Waals surface area (Å²) < 4.78 is 0. The second-order valence-electron chi connectivity index (χ2n) is 5.34. The van der Waals surface area contributed by atoms with Gasteiger partial charge in [0.05, 0.1) is 0 Å². The Morgan fingerprint density at radius 1 is 1.06 bits per heavy atom. The van der Waals surface area contributed by atoms with Crippen molar-refractivity contribution in [1.82, 2.24) is 0 Å². The Bertz CT molecular complexity index is 406. The number of hydrogen-bond acceptors (Lipinski definition) is 0. The largest absolute Gasteiger partial charge is 0.0654 e. The van der Waals surface area contributed by atoms with Crippen LogP contribution in [0.15, 0.2) is 29.6 Å². The molecule has 18 heavy (non-hydrogen) atoms. The van der Waals surface area contributed by atoms with Crippen molar-refractivity contribution in [2.45, 2.75) is 52.4 Å². The van der Waals surface area contributed by atoms with Gasteiger partial charge in [-0.05, 0) is 43.2 Å². The normalized spacial score (nSPS) is 16.7. The molecular weight excluding hydrogens is 235 g/mol. The van der Waals surface area contributed by atoms with Gasteiger partial charge in [-0.15, -0.1) is 0 Å². The summed E-state index contributed by atoms with van der Waals surface area (Å²) in [6, 6.07) is 8.79. The summed E-state index contributed by atoms with van der Waals surface area (Å²) in [6.45, 7) is 4.67. The first-order chi connectivity index (χ1) is 8.81. The number of allylic oxidation sites excluding steroid dienone is 1. The Labute approximate surface area is 114 Å². The second kappa shape index (κ2) is 7.10. The molecule has 0 fully saturated rings. The average Bonchev–Trinajstić information content (AvgIpc) is 2.82. The molecule has 1 aromatic carbocycles. The lowest BCUT2D eigenvalue weighted by Crippen LogP contribution is -1.96. The van der Waals surface area contributed by atoms with E-state index in [-0.39, 0.29) is 0 Å². The number of unbranched alkanes of at least 4 members (excludes halogenated alkanes) is 4. The number of benzene rings is 1. The minimum absolute atomic E-state index is 0.751. The summed E-state index contributed by atoms with van der Waals surface area (Å²) in [4.78, 5) is 0. The van der Waals surface area contributed by atoms with Gasteiger partial charge in [0.1, 0.15) is 0 Å². The molecular formula is C17H24P. The van der Waals surface area contributed by atoms with Gasteiger partial charge in [0.15, 0.2) is 0 Å². The fraction of sp³-hybridized carbons (Fsp3) is 0.529. The van der Waals surface area contributed by atoms with Crippen LogP contribution in [0, 0.1) is 5.92 Å². The van der Waals surface area contributed by atoms with Gasteiger partial charge >= 0.3 is 0 Å². The third-order valence-electron chi connectivity index (χ3n) is 3.74. The summed E-state index contributed by atoms with van der Waals surface area (Å²) in [5.74, 6) is 0.751. The summed E-state index contributed by atoms with van der Waals surface area (Å²) >= 11 is 0. The molecule has 1 aliphatic heterocycles. The van der Waals surface area contributed by atoms with E-state index in [9.17, 15) is 0 Å². The monoisotopic (exact) mass is 259 g/mol. The molecule has 1 aliphatic rings. The minimum Gasteiger partial charge on any atom is -0.0654 e. The van der Waals surface area contributed by atoms with E-state index in [1.54, 1.807) is 5.31 Å². The molecule has 1 atom stereocenters. The van der Waals surface area contributed by atoms with Crippen molar-refractivity contribution in [3.05, 3.63) is 35.1 Å². The van der Waals surface area contributed by atoms with Crippen LogP contribution in [0.2, 0.25) is 0 Å². The van der Waals surface area contributed by atoms with E-state index in [0.717, 1.165) is 5.92 Å². The second-order valence-corrected chi connectivity index (χ2v) is 6.57. The van der Waals surface area contributed by atoms with Crippen molar-refractivity contribution in [3.8, 4) is 0 Å². The van der Waals surface area contributed by atoms with Crippen LogP contribution in [0.25, 0.3) is 6.08 Å². The maximum atomic E-state index is 2.41. The third-order valence-corrected chi connectivity index (χ3v) is 5.21. The van der Waals surface area contributed by atoms with Crippen molar-refractivity contribution in [2.24, 2.45) is 5.92 Å². The first kappa shape index (κ1) is 13.8. The van der Waals surface area contributed by atoms with E-state index in [1.807, 2.05) is 0 Å². The Hall–Kier alpha value is -0.610. The van der Waals surface area contributed by atoms with E-state index in [0.29, 0.717) is 0 Å². The van der Waals surface area contributed by atoms with E-state index in [4.69, 9.17) is 0 Å². The zero-order valence-corrected chi connectivity index (χ0v) is 12.5. The van der Waals surface area contributed by atoms with E-state index < -0.39 is 0 Å². The van der Waals surface area contributed by atoms with Crippen molar-refractivity contribution in [3.63, 3.8) is 0 Å². The van der Waals surface area contributed by atoms with Gasteiger partial charge in [0.25, 0.3) is 0 Å². The number of hydrogen-bond donors (Lipinski definition) is 0. The zero-order chi connectivity index (χ0) is 12.8. The van der Waals surface area contributed by atoms with Gasteiger partial charge in [-0.2, -0.15) is 0 Å². The van der Waals surface area contributed by atoms with Crippen LogP contribution >= 0.6 is 8.58 Å². The lowest BCUT2D eigenvalue weighted by Gasteiger charge is -2.11. The Morgan fingerprint density at radius 3 is 2.61 bits per heavy atom. The van der Waals surface area contributed by atoms with Gasteiger partial charge in [0.2, 0.25) is 0 Å². The predicted molar refractivity (Wildman–Crippen MR) is 83.5 cm³/mol. The highest BCUT2D eigenvalue weighted by molar-refractivity contribution is 7.53. The molecule has 0 nitrogen and oxygen atoms in total. The molecule has 1 radical (unpaired) electrons. The maximum absolute atomic E-state index is 2.41. The molecule has 2 rings (SSSR count). The molecule has 1 unspecified atom stereocenters. The third kappa shape index (κ3) is 3.69. The molecule has 1 heterocycles. The summed E-state index contributed by atoms with van der Waals surface area (Å²) in [5, 5.41) is 3.11. The minimum atomic E-state index is 0.751. The Balaban J connectivity index is 1.76. The predicted octanol–water partition coefficient (Wildman–Crippen LogP) is 5.61. The van der Waals surface area contributed by atoms with Crippen LogP contribution in [0.5, 0.6) is 0 Å². The molecule has 0 saturated carbocycles. The molecule has 0 spiro atoms. The fourth-order valence-electron chi connectivity index (χ4n) is 2.50. The van der Waals surface area contributed by atoms with Crippen LogP contribution in [0.4, 0.5) is 0 Å². The van der Waals surface area contributed by atoms with Crippen molar-refractivity contribution < 1.29 is 0 Å². The van der Waals surface area contributed by atoms with Crippen molar-refractivity contribution in [1.29, 1.82) is 0 Å². The van der Waals surface area contributed by atoms with Gasteiger partial charge in [-0.3, -0.25) is 0 Å². The molecule has 0 saturated heterocycles. The highest BCUT2D eigenvalue weighted by Gasteiger charge is 2.17. The maximum Gasteiger partial charge on any atom is -0.00768 e. The number of rotatable bonds is 7. The summed E-state index contributed by atoms with van der Waals surface area (Å²) in [7, 11) is 1.45. The van der Waals surface area contributed by atoms with Crippen LogP contribution < -0.4 is 5.30 Å². The SMILES string of the molecule is CCCCCCCC(C)C1=Cc2ccccc2[P]1. The van der Waals surface area contributed by atoms with E-state index >= 15 is 0 Å². The molecule has 0 aliphatic carbocycles. The van der Waals surface area contributed by atoms with E-state index in [2.05, 4.69) is 44.2 Å². The van der Waals surface area contributed by atoms with Crippen LogP contribution in [0.3, 0.4) is 0 Å². The molecule has 1 aromatic rings. The Kier molecular flexibility index (Phi) is 5.45. The van der Waals surface area contributed by atoms with Crippen LogP contribution in [0.1, 0.15) is 57.9 Å². The first-order valence-corrected chi connectivity index (χ1v) is 8.23. The zero-order valence-electron chi connectivity index (χ0n) is 11.7. The van der Waals surface area contributed by atoms with Gasteiger partial charge in [-0.1, -0.05) is 70.2 Å². The highest BCUT2D eigenvalue weighted by atomic mass is 31.1. The molecule has 0 bridgehead atoms. The van der Waals surface area contributed by atoms with Gasteiger partial charge in [-0.25, -0.2) is 0 Å². The molecule has 0 amide bonds. The molecule has 0 aromatic heterocycles. The van der Waals surface area contributed by atoms with Crippen LogP contribution in [-0.4, -0.2) is 0 Å². The highest BCUT2D eigenvalue weighted by Crippen LogP contribution is 2.39. The van der Waals surface area contributed by atoms with Crippen molar-refractivity contribution >= 4 is 20.0 Å². The van der Waals surface area contributed by atoms with Crippen LogP contribution in [-0.2, 0) is 0 Å². The quantitative estimate of drug-likeness (QED) is 0.441. The first-order valence-electron chi connectivity index (χ1n) is 7.33. The lowest BCUT2D eigenvalue weighted by molar-refractivity contribution is 0.548. The van der Waals surface area contributed by atoms with Gasteiger partial charge < -0.3 is 0 Å². The Morgan fingerprint density at radius 2 is 1.83 bits per heavy atom.